The Labute approximate surface area is 131 Å². The summed E-state index contributed by atoms with van der Waals surface area (Å²) in [4.78, 5) is 12.4. The number of hydrogen-bond acceptors (Lipinski definition) is 4. The fourth-order valence-electron chi connectivity index (χ4n) is 2.40. The first-order valence-corrected chi connectivity index (χ1v) is 6.89. The Morgan fingerprint density at radius 1 is 1.33 bits per heavy atom. The van der Waals surface area contributed by atoms with E-state index in [4.69, 9.17) is 15.2 Å². The van der Waals surface area contributed by atoms with Crippen molar-refractivity contribution in [3.05, 3.63) is 29.8 Å². The minimum Gasteiger partial charge on any atom is -0.497 e. The molecule has 2 rings (SSSR count). The van der Waals surface area contributed by atoms with Crippen LogP contribution in [0.25, 0.3) is 0 Å². The number of amides is 1. The van der Waals surface area contributed by atoms with Crippen LogP contribution in [0.3, 0.4) is 0 Å². The van der Waals surface area contributed by atoms with Gasteiger partial charge in [0.05, 0.1) is 12.5 Å². The van der Waals surface area contributed by atoms with Crippen LogP contribution in [0.4, 0.5) is 0 Å². The summed E-state index contributed by atoms with van der Waals surface area (Å²) in [5.74, 6) is 0.835. The molecule has 0 radical (unpaired) electrons. The maximum absolute atomic E-state index is 12.4. The molecule has 1 amide bonds. The summed E-state index contributed by atoms with van der Waals surface area (Å²) in [5, 5.41) is 2.98. The summed E-state index contributed by atoms with van der Waals surface area (Å²) in [7, 11) is 1.63. The Bertz CT molecular complexity index is 445. The third-order valence-electron chi connectivity index (χ3n) is 3.93. The van der Waals surface area contributed by atoms with E-state index in [-0.39, 0.29) is 18.3 Å². The van der Waals surface area contributed by atoms with Gasteiger partial charge in [-0.25, -0.2) is 0 Å². The van der Waals surface area contributed by atoms with Gasteiger partial charge in [-0.2, -0.15) is 0 Å². The molecule has 0 bridgehead atoms. The zero-order chi connectivity index (χ0) is 14.4. The van der Waals surface area contributed by atoms with Crippen LogP contribution in [0.5, 0.6) is 5.75 Å². The summed E-state index contributed by atoms with van der Waals surface area (Å²) >= 11 is 0. The lowest BCUT2D eigenvalue weighted by molar-refractivity contribution is -0.136. The second kappa shape index (κ2) is 8.22. The monoisotopic (exact) mass is 314 g/mol. The van der Waals surface area contributed by atoms with Gasteiger partial charge in [0, 0.05) is 26.3 Å². The van der Waals surface area contributed by atoms with Gasteiger partial charge in [-0.3, -0.25) is 4.79 Å². The minimum atomic E-state index is -0.468. The number of carbonyl (C=O) groups excluding carboxylic acids is 1. The van der Waals surface area contributed by atoms with E-state index in [2.05, 4.69) is 5.32 Å². The van der Waals surface area contributed by atoms with Gasteiger partial charge in [0.2, 0.25) is 5.91 Å². The molecule has 1 heterocycles. The molecule has 21 heavy (non-hydrogen) atoms. The molecule has 6 heteroatoms. The molecule has 0 saturated carbocycles. The number of nitrogens with two attached hydrogens (primary N) is 1. The number of rotatable bonds is 5. The van der Waals surface area contributed by atoms with Crippen LogP contribution in [-0.2, 0) is 16.1 Å². The Balaban J connectivity index is 0.00000220. The molecule has 3 N–H and O–H groups in total. The van der Waals surface area contributed by atoms with Crippen molar-refractivity contribution in [2.75, 3.05) is 26.9 Å². The van der Waals surface area contributed by atoms with E-state index in [1.54, 1.807) is 7.11 Å². The molecule has 0 spiro atoms. The third-order valence-corrected chi connectivity index (χ3v) is 3.93. The van der Waals surface area contributed by atoms with Crippen LogP contribution in [0.15, 0.2) is 24.3 Å². The van der Waals surface area contributed by atoms with Gasteiger partial charge < -0.3 is 20.5 Å². The van der Waals surface area contributed by atoms with E-state index in [0.717, 1.165) is 11.3 Å². The molecule has 0 atom stereocenters. The van der Waals surface area contributed by atoms with E-state index < -0.39 is 5.41 Å². The first kappa shape index (κ1) is 17.8. The molecule has 1 aliphatic rings. The summed E-state index contributed by atoms with van der Waals surface area (Å²) in [5.41, 5.74) is 6.39. The lowest BCUT2D eigenvalue weighted by Crippen LogP contribution is -2.48. The van der Waals surface area contributed by atoms with Crippen LogP contribution >= 0.6 is 12.4 Å². The predicted molar refractivity (Wildman–Crippen MR) is 83.6 cm³/mol. The van der Waals surface area contributed by atoms with Crippen molar-refractivity contribution in [3.8, 4) is 5.75 Å². The first-order chi connectivity index (χ1) is 9.70. The van der Waals surface area contributed by atoms with E-state index in [1.165, 1.54) is 0 Å². The summed E-state index contributed by atoms with van der Waals surface area (Å²) in [6, 6.07) is 7.65. The quantitative estimate of drug-likeness (QED) is 0.863. The Morgan fingerprint density at radius 3 is 2.48 bits per heavy atom. The van der Waals surface area contributed by atoms with Crippen molar-refractivity contribution in [2.45, 2.75) is 19.4 Å². The highest BCUT2D eigenvalue weighted by Crippen LogP contribution is 2.29. The lowest BCUT2D eigenvalue weighted by atomic mass is 9.79. The molecule has 0 aromatic heterocycles. The van der Waals surface area contributed by atoms with Crippen molar-refractivity contribution in [2.24, 2.45) is 11.1 Å². The van der Waals surface area contributed by atoms with Gasteiger partial charge in [-0.05, 0) is 30.5 Å². The fourth-order valence-corrected chi connectivity index (χ4v) is 2.40. The van der Waals surface area contributed by atoms with Crippen LogP contribution in [0.1, 0.15) is 18.4 Å². The molecular formula is C15H23ClN2O3. The largest absolute Gasteiger partial charge is 0.497 e. The van der Waals surface area contributed by atoms with Gasteiger partial charge in [-0.1, -0.05) is 12.1 Å². The molecule has 1 saturated heterocycles. The standard InChI is InChI=1S/C15H22N2O3.ClH/c1-19-13-4-2-12(3-5-13)10-17-14(18)15(11-16)6-8-20-9-7-15;/h2-5H,6-11,16H2,1H3,(H,17,18);1H. The molecule has 1 aliphatic heterocycles. The van der Waals surface area contributed by atoms with E-state index in [9.17, 15) is 4.79 Å². The van der Waals surface area contributed by atoms with Crippen molar-refractivity contribution in [1.82, 2.24) is 5.32 Å². The van der Waals surface area contributed by atoms with Crippen LogP contribution in [-0.4, -0.2) is 32.8 Å². The van der Waals surface area contributed by atoms with Crippen LogP contribution in [0, 0.1) is 5.41 Å². The highest BCUT2D eigenvalue weighted by atomic mass is 35.5. The number of hydrogen-bond donors (Lipinski definition) is 2. The van der Waals surface area contributed by atoms with Crippen molar-refractivity contribution in [1.29, 1.82) is 0 Å². The molecule has 0 unspecified atom stereocenters. The zero-order valence-electron chi connectivity index (χ0n) is 12.3. The van der Waals surface area contributed by atoms with Crippen molar-refractivity contribution < 1.29 is 14.3 Å². The topological polar surface area (TPSA) is 73.6 Å². The zero-order valence-corrected chi connectivity index (χ0v) is 13.1. The normalized spacial score (nSPS) is 16.7. The number of benzene rings is 1. The predicted octanol–water partition coefficient (Wildman–Crippen LogP) is 1.49. The fraction of sp³-hybridized carbons (Fsp3) is 0.533. The number of ether oxygens (including phenoxy) is 2. The smallest absolute Gasteiger partial charge is 0.227 e. The highest BCUT2D eigenvalue weighted by molar-refractivity contribution is 5.85. The molecule has 118 valence electrons. The van der Waals surface area contributed by atoms with E-state index in [0.29, 0.717) is 39.1 Å². The summed E-state index contributed by atoms with van der Waals surface area (Å²) in [6.07, 6.45) is 1.38. The van der Waals surface area contributed by atoms with Crippen molar-refractivity contribution >= 4 is 18.3 Å². The average molecular weight is 315 g/mol. The number of halogens is 1. The van der Waals surface area contributed by atoms with Gasteiger partial charge >= 0.3 is 0 Å². The molecule has 1 aromatic carbocycles. The number of carbonyl (C=O) groups is 1. The first-order valence-electron chi connectivity index (χ1n) is 6.89. The van der Waals surface area contributed by atoms with E-state index >= 15 is 0 Å². The van der Waals surface area contributed by atoms with E-state index in [1.807, 2.05) is 24.3 Å². The number of nitrogens with one attached hydrogen (secondary N) is 1. The molecule has 5 nitrogen and oxygen atoms in total. The summed E-state index contributed by atoms with van der Waals surface area (Å²) in [6.45, 7) is 2.08. The average Bonchev–Trinajstić information content (AvgIpc) is 2.53. The number of methoxy groups -OCH3 is 1. The SMILES string of the molecule is COc1ccc(CNC(=O)C2(CN)CCOCC2)cc1.Cl. The Morgan fingerprint density at radius 2 is 1.95 bits per heavy atom. The maximum Gasteiger partial charge on any atom is 0.227 e. The van der Waals surface area contributed by atoms with Gasteiger partial charge in [0.25, 0.3) is 0 Å². The van der Waals surface area contributed by atoms with Gasteiger partial charge in [-0.15, -0.1) is 12.4 Å². The molecular weight excluding hydrogens is 292 g/mol. The van der Waals surface area contributed by atoms with Crippen LogP contribution < -0.4 is 15.8 Å². The van der Waals surface area contributed by atoms with Gasteiger partial charge in [0.1, 0.15) is 5.75 Å². The van der Waals surface area contributed by atoms with Gasteiger partial charge in [0.15, 0.2) is 0 Å². The van der Waals surface area contributed by atoms with Crippen LogP contribution in [0.2, 0.25) is 0 Å². The third kappa shape index (κ3) is 4.33. The summed E-state index contributed by atoms with van der Waals surface area (Å²) < 4.78 is 10.4. The molecule has 0 aliphatic carbocycles. The molecule has 1 aromatic rings. The Hall–Kier alpha value is -1.30. The maximum atomic E-state index is 12.4. The highest BCUT2D eigenvalue weighted by Gasteiger charge is 2.38. The second-order valence-corrected chi connectivity index (χ2v) is 5.13. The minimum absolute atomic E-state index is 0. The lowest BCUT2D eigenvalue weighted by Gasteiger charge is -2.34. The van der Waals surface area contributed by atoms with Crippen molar-refractivity contribution in [3.63, 3.8) is 0 Å². The Kier molecular flexibility index (Phi) is 6.95. The molecule has 1 fully saturated rings. The second-order valence-electron chi connectivity index (χ2n) is 5.13.